The first-order valence-electron chi connectivity index (χ1n) is 8.71. The minimum atomic E-state index is -1.18. The summed E-state index contributed by atoms with van der Waals surface area (Å²) in [6, 6.07) is 0. The van der Waals surface area contributed by atoms with E-state index in [1.807, 2.05) is 27.7 Å². The van der Waals surface area contributed by atoms with Crippen LogP contribution in [-0.2, 0) is 10.3 Å². The lowest BCUT2D eigenvalue weighted by atomic mass is 9.85. The summed E-state index contributed by atoms with van der Waals surface area (Å²) in [6.07, 6.45) is 4.45. The number of carbonyl (C=O) groups is 1. The summed E-state index contributed by atoms with van der Waals surface area (Å²) < 4.78 is 5.44. The molecule has 25 heavy (non-hydrogen) atoms. The smallest absolute Gasteiger partial charge is 0.410 e. The largest absolute Gasteiger partial charge is 0.444 e. The van der Waals surface area contributed by atoms with Crippen molar-refractivity contribution >= 4 is 6.09 Å². The monoisotopic (exact) mass is 347 g/mol. The molecule has 138 valence electrons. The number of piperidine rings is 1. The Kier molecular flexibility index (Phi) is 5.52. The first kappa shape index (κ1) is 19.4. The minimum absolute atomic E-state index is 0.168. The van der Waals surface area contributed by atoms with Crippen molar-refractivity contribution in [2.24, 2.45) is 0 Å². The van der Waals surface area contributed by atoms with Gasteiger partial charge in [0.05, 0.1) is 5.69 Å². The number of rotatable bonds is 3. The highest BCUT2D eigenvalue weighted by Gasteiger charge is 2.32. The normalized spacial score (nSPS) is 18.6. The average molecular weight is 347 g/mol. The lowest BCUT2D eigenvalue weighted by molar-refractivity contribution is 0.0202. The summed E-state index contributed by atoms with van der Waals surface area (Å²) in [6.45, 7) is 14.1. The number of aryl methyl sites for hydroxylation is 1. The average Bonchev–Trinajstić information content (AvgIpc) is 2.53. The number of hydrogen-bond donors (Lipinski definition) is 1. The third-order valence-electron chi connectivity index (χ3n) is 4.41. The van der Waals surface area contributed by atoms with E-state index in [4.69, 9.17) is 4.74 Å². The van der Waals surface area contributed by atoms with Crippen molar-refractivity contribution < 1.29 is 14.6 Å². The van der Waals surface area contributed by atoms with Crippen molar-refractivity contribution in [2.45, 2.75) is 64.6 Å². The van der Waals surface area contributed by atoms with E-state index in [9.17, 15) is 9.90 Å². The van der Waals surface area contributed by atoms with Crippen molar-refractivity contribution in [2.75, 3.05) is 13.1 Å². The maximum atomic E-state index is 12.2. The fourth-order valence-corrected chi connectivity index (χ4v) is 2.96. The standard InChI is InChI=1S/C19H29N3O3/c1-7-19(6,24)15-12-20-13(2)21-16(15)14-8-10-22(11-9-14)17(23)25-18(3,4)5/h7,12,14,24H,1,8-11H2,2-6H3. The van der Waals surface area contributed by atoms with Gasteiger partial charge in [0.2, 0.25) is 0 Å². The number of ether oxygens (including phenoxy) is 1. The molecule has 1 unspecified atom stereocenters. The quantitative estimate of drug-likeness (QED) is 0.849. The summed E-state index contributed by atoms with van der Waals surface area (Å²) >= 11 is 0. The molecule has 0 radical (unpaired) electrons. The van der Waals surface area contributed by atoms with Crippen LogP contribution in [0.15, 0.2) is 18.9 Å². The van der Waals surface area contributed by atoms with Gasteiger partial charge < -0.3 is 14.7 Å². The van der Waals surface area contributed by atoms with Gasteiger partial charge >= 0.3 is 6.09 Å². The molecule has 0 aliphatic carbocycles. The molecule has 1 fully saturated rings. The van der Waals surface area contributed by atoms with Crippen LogP contribution in [0.2, 0.25) is 0 Å². The Morgan fingerprint density at radius 3 is 2.48 bits per heavy atom. The van der Waals surface area contributed by atoms with E-state index < -0.39 is 11.2 Å². The highest BCUT2D eigenvalue weighted by Crippen LogP contribution is 2.34. The van der Waals surface area contributed by atoms with E-state index in [-0.39, 0.29) is 12.0 Å². The molecule has 1 aromatic rings. The minimum Gasteiger partial charge on any atom is -0.444 e. The third-order valence-corrected chi connectivity index (χ3v) is 4.41. The zero-order valence-electron chi connectivity index (χ0n) is 15.9. The van der Waals surface area contributed by atoms with Crippen LogP contribution in [0.1, 0.15) is 63.5 Å². The van der Waals surface area contributed by atoms with Crippen molar-refractivity contribution in [1.82, 2.24) is 14.9 Å². The van der Waals surface area contributed by atoms with Gasteiger partial charge in [-0.05, 0) is 47.5 Å². The van der Waals surface area contributed by atoms with Gasteiger partial charge in [-0.2, -0.15) is 0 Å². The molecule has 6 heteroatoms. The lowest BCUT2D eigenvalue weighted by Crippen LogP contribution is -2.41. The van der Waals surface area contributed by atoms with Crippen molar-refractivity contribution in [3.05, 3.63) is 35.9 Å². The molecule has 0 saturated carbocycles. The molecule has 1 N–H and O–H groups in total. The number of nitrogens with zero attached hydrogens (tertiary/aromatic N) is 3. The first-order valence-corrected chi connectivity index (χ1v) is 8.71. The predicted octanol–water partition coefficient (Wildman–Crippen LogP) is 3.29. The van der Waals surface area contributed by atoms with Gasteiger partial charge in [-0.25, -0.2) is 14.8 Å². The maximum absolute atomic E-state index is 12.2. The summed E-state index contributed by atoms with van der Waals surface area (Å²) in [5.74, 6) is 0.843. The van der Waals surface area contributed by atoms with Crippen LogP contribution in [0.25, 0.3) is 0 Å². The van der Waals surface area contributed by atoms with Crippen LogP contribution >= 0.6 is 0 Å². The molecule has 1 saturated heterocycles. The van der Waals surface area contributed by atoms with Crippen LogP contribution in [0, 0.1) is 6.92 Å². The molecule has 0 spiro atoms. The van der Waals surface area contributed by atoms with Gasteiger partial charge in [0.1, 0.15) is 17.0 Å². The predicted molar refractivity (Wildman–Crippen MR) is 96.3 cm³/mol. The summed E-state index contributed by atoms with van der Waals surface area (Å²) in [5.41, 5.74) is -0.135. The molecule has 1 aliphatic rings. The molecule has 1 aliphatic heterocycles. The number of likely N-dealkylation sites (tertiary alicyclic amines) is 1. The second-order valence-corrected chi connectivity index (χ2v) is 7.81. The fraction of sp³-hybridized carbons (Fsp3) is 0.632. The summed E-state index contributed by atoms with van der Waals surface area (Å²) in [4.78, 5) is 22.8. The third kappa shape index (κ3) is 4.78. The van der Waals surface area contributed by atoms with Crippen LogP contribution in [0.3, 0.4) is 0 Å². The number of hydrogen-bond acceptors (Lipinski definition) is 5. The van der Waals surface area contributed by atoms with Gasteiger partial charge in [-0.3, -0.25) is 0 Å². The van der Waals surface area contributed by atoms with Gasteiger partial charge in [0.25, 0.3) is 0 Å². The maximum Gasteiger partial charge on any atom is 0.410 e. The Morgan fingerprint density at radius 2 is 1.96 bits per heavy atom. The van der Waals surface area contributed by atoms with Crippen molar-refractivity contribution in [1.29, 1.82) is 0 Å². The molecule has 1 amide bonds. The SMILES string of the molecule is C=CC(C)(O)c1cnc(C)nc1C1CCN(C(=O)OC(C)(C)C)CC1. The molecule has 0 aromatic carbocycles. The van der Waals surface area contributed by atoms with Crippen LogP contribution in [-0.4, -0.2) is 44.8 Å². The Morgan fingerprint density at radius 1 is 1.36 bits per heavy atom. The van der Waals surface area contributed by atoms with Gasteiger partial charge in [0.15, 0.2) is 0 Å². The Labute approximate surface area is 149 Å². The molecule has 1 aromatic heterocycles. The van der Waals surface area contributed by atoms with Crippen molar-refractivity contribution in [3.63, 3.8) is 0 Å². The lowest BCUT2D eigenvalue weighted by Gasteiger charge is -2.34. The molecule has 2 rings (SSSR count). The zero-order valence-corrected chi connectivity index (χ0v) is 15.9. The van der Waals surface area contributed by atoms with Crippen molar-refractivity contribution in [3.8, 4) is 0 Å². The topological polar surface area (TPSA) is 75.6 Å². The van der Waals surface area contributed by atoms with E-state index in [1.165, 1.54) is 6.08 Å². The number of aromatic nitrogens is 2. The molecular formula is C19H29N3O3. The number of aliphatic hydroxyl groups is 1. The zero-order chi connectivity index (χ0) is 18.8. The second-order valence-electron chi connectivity index (χ2n) is 7.81. The van der Waals surface area contributed by atoms with E-state index in [0.29, 0.717) is 24.5 Å². The Bertz CT molecular complexity index is 642. The van der Waals surface area contributed by atoms with E-state index in [1.54, 1.807) is 18.0 Å². The van der Waals surface area contributed by atoms with E-state index >= 15 is 0 Å². The van der Waals surface area contributed by atoms with E-state index in [2.05, 4.69) is 16.5 Å². The Balaban J connectivity index is 2.14. The Hall–Kier alpha value is -1.95. The van der Waals surface area contributed by atoms with E-state index in [0.717, 1.165) is 18.5 Å². The number of carbonyl (C=O) groups excluding carboxylic acids is 1. The highest BCUT2D eigenvalue weighted by molar-refractivity contribution is 5.68. The summed E-state index contributed by atoms with van der Waals surface area (Å²) in [7, 11) is 0. The second kappa shape index (κ2) is 7.12. The number of amides is 1. The molecule has 2 heterocycles. The molecule has 6 nitrogen and oxygen atoms in total. The van der Waals surface area contributed by atoms with Crippen LogP contribution in [0.4, 0.5) is 4.79 Å². The fourth-order valence-electron chi connectivity index (χ4n) is 2.96. The summed E-state index contributed by atoms with van der Waals surface area (Å²) in [5, 5.41) is 10.6. The van der Waals surface area contributed by atoms with Gasteiger partial charge in [-0.1, -0.05) is 12.7 Å². The van der Waals surface area contributed by atoms with Gasteiger partial charge in [-0.15, -0.1) is 0 Å². The highest BCUT2D eigenvalue weighted by atomic mass is 16.6. The molecule has 1 atom stereocenters. The first-order chi connectivity index (χ1) is 11.5. The molecular weight excluding hydrogens is 318 g/mol. The van der Waals surface area contributed by atoms with Gasteiger partial charge in [0, 0.05) is 30.8 Å². The van der Waals surface area contributed by atoms with Crippen LogP contribution in [0.5, 0.6) is 0 Å². The van der Waals surface area contributed by atoms with Crippen LogP contribution < -0.4 is 0 Å². The molecule has 0 bridgehead atoms.